The maximum Gasteiger partial charge on any atom is 0.229 e. The molecule has 4 aromatic rings. The first kappa shape index (κ1) is 45.6. The van der Waals surface area contributed by atoms with E-state index in [9.17, 15) is 9.59 Å². The summed E-state index contributed by atoms with van der Waals surface area (Å²) >= 11 is 25.4. The van der Waals surface area contributed by atoms with Gasteiger partial charge < -0.3 is 24.0 Å². The molecule has 336 valence electrons. The fourth-order valence-corrected chi connectivity index (χ4v) is 9.70. The van der Waals surface area contributed by atoms with Crippen molar-refractivity contribution in [2.24, 2.45) is 0 Å². The van der Waals surface area contributed by atoms with Gasteiger partial charge in [-0.15, -0.1) is 0 Å². The Bertz CT molecular complexity index is 2060. The van der Waals surface area contributed by atoms with Crippen molar-refractivity contribution in [3.8, 4) is 11.5 Å². The number of nitrogens with zero attached hydrogens (tertiary/aromatic N) is 6. The third-order valence-corrected chi connectivity index (χ3v) is 14.1. The van der Waals surface area contributed by atoms with Crippen molar-refractivity contribution < 1.29 is 23.8 Å². The van der Waals surface area contributed by atoms with Gasteiger partial charge in [-0.3, -0.25) is 29.2 Å². The van der Waals surface area contributed by atoms with Crippen LogP contribution in [0.25, 0.3) is 0 Å². The molecule has 8 rings (SSSR count). The topological polar surface area (TPSA) is 81.3 Å². The van der Waals surface area contributed by atoms with Crippen molar-refractivity contribution in [2.75, 3.05) is 112 Å². The van der Waals surface area contributed by atoms with Crippen LogP contribution in [0.15, 0.2) is 72.8 Å². The zero-order valence-electron chi connectivity index (χ0n) is 35.7. The highest BCUT2D eigenvalue weighted by atomic mass is 35.5. The van der Waals surface area contributed by atoms with Crippen molar-refractivity contribution in [2.45, 2.75) is 51.4 Å². The number of unbranched alkanes of at least 4 members (excludes halogenated alkanes) is 2. The zero-order chi connectivity index (χ0) is 43.7. The number of amides is 2. The Kier molecular flexibility index (Phi) is 15.8. The summed E-state index contributed by atoms with van der Waals surface area (Å²) in [6, 6.07) is 23.5. The normalized spacial score (nSPS) is 17.3. The maximum absolute atomic E-state index is 13.2. The monoisotopic (exact) mass is 936 g/mol. The number of ether oxygens (including phenoxy) is 3. The fourth-order valence-electron chi connectivity index (χ4n) is 8.87. The molecule has 4 aliphatic rings. The van der Waals surface area contributed by atoms with Gasteiger partial charge in [0.15, 0.2) is 0 Å². The highest BCUT2D eigenvalue weighted by Gasteiger charge is 2.28. The Labute approximate surface area is 391 Å². The van der Waals surface area contributed by atoms with E-state index in [2.05, 4.69) is 19.6 Å². The number of rotatable bonds is 18. The molecular formula is C48H56Cl4N6O5. The molecule has 4 aliphatic heterocycles. The molecule has 4 heterocycles. The van der Waals surface area contributed by atoms with Crippen LogP contribution in [0.3, 0.4) is 0 Å². The number of fused-ring (bicyclic) bond motifs is 2. The first-order valence-electron chi connectivity index (χ1n) is 22.2. The van der Waals surface area contributed by atoms with E-state index in [1.165, 1.54) is 0 Å². The number of hydrogen-bond acceptors (Lipinski definition) is 9. The molecule has 0 unspecified atom stereocenters. The Morgan fingerprint density at radius 1 is 0.476 bits per heavy atom. The lowest BCUT2D eigenvalue weighted by Gasteiger charge is -2.36. The molecule has 0 saturated carbocycles. The maximum atomic E-state index is 13.2. The molecule has 0 N–H and O–H groups in total. The smallest absolute Gasteiger partial charge is 0.229 e. The Hall–Kier alpha value is -3.94. The molecule has 11 nitrogen and oxygen atoms in total. The summed E-state index contributed by atoms with van der Waals surface area (Å²) in [6.45, 7) is 10.8. The van der Waals surface area contributed by atoms with Crippen molar-refractivity contribution in [3.05, 3.63) is 104 Å². The second-order valence-corrected chi connectivity index (χ2v) is 18.2. The number of halogens is 4. The molecule has 63 heavy (non-hydrogen) atoms. The lowest BCUT2D eigenvalue weighted by Crippen LogP contribution is -2.46. The second-order valence-electron chi connectivity index (χ2n) is 16.6. The molecule has 0 aromatic heterocycles. The van der Waals surface area contributed by atoms with Crippen molar-refractivity contribution in [1.29, 1.82) is 0 Å². The summed E-state index contributed by atoms with van der Waals surface area (Å²) in [6.07, 6.45) is 6.02. The van der Waals surface area contributed by atoms with E-state index >= 15 is 0 Å². The van der Waals surface area contributed by atoms with E-state index in [4.69, 9.17) is 60.6 Å². The van der Waals surface area contributed by atoms with Gasteiger partial charge >= 0.3 is 0 Å². The van der Waals surface area contributed by atoms with Crippen LogP contribution in [0.4, 0.5) is 22.7 Å². The van der Waals surface area contributed by atoms with E-state index in [1.807, 2.05) is 72.8 Å². The Morgan fingerprint density at radius 2 is 0.905 bits per heavy atom. The SMILES string of the molecule is O=C1CCc2ccc(OCCCCN3CCN(c4cccc(Cl)c4Cl)CC3)cc2N1COCN1C(=O)CCc2ccc(OCCCCN3CCN(c4cccc(Cl)c4Cl)CC3)cc21. The largest absolute Gasteiger partial charge is 0.494 e. The van der Waals surface area contributed by atoms with Crippen molar-refractivity contribution in [1.82, 2.24) is 9.80 Å². The Morgan fingerprint density at radius 3 is 1.33 bits per heavy atom. The predicted molar refractivity (Wildman–Crippen MR) is 255 cm³/mol. The molecule has 0 atom stereocenters. The quantitative estimate of drug-likeness (QED) is 0.0908. The summed E-state index contributed by atoms with van der Waals surface area (Å²) in [5.41, 5.74) is 5.75. The number of carbonyl (C=O) groups is 2. The minimum Gasteiger partial charge on any atom is -0.494 e. The van der Waals surface area contributed by atoms with Gasteiger partial charge in [-0.2, -0.15) is 0 Å². The molecule has 0 bridgehead atoms. The number of aryl methyl sites for hydroxylation is 2. The van der Waals surface area contributed by atoms with Gasteiger partial charge in [0.1, 0.15) is 25.0 Å². The summed E-state index contributed by atoms with van der Waals surface area (Å²) in [5, 5.41) is 2.41. The van der Waals surface area contributed by atoms with Crippen molar-refractivity contribution >= 4 is 81.0 Å². The summed E-state index contributed by atoms with van der Waals surface area (Å²) < 4.78 is 18.5. The number of hydrogen-bond donors (Lipinski definition) is 0. The van der Waals surface area contributed by atoms with Crippen LogP contribution < -0.4 is 29.1 Å². The van der Waals surface area contributed by atoms with Gasteiger partial charge in [0.25, 0.3) is 0 Å². The second kappa shape index (κ2) is 21.8. The van der Waals surface area contributed by atoms with Crippen LogP contribution in [0.2, 0.25) is 20.1 Å². The summed E-state index contributed by atoms with van der Waals surface area (Å²) in [4.78, 5) is 39.4. The van der Waals surface area contributed by atoms with E-state index < -0.39 is 0 Å². The van der Waals surface area contributed by atoms with Gasteiger partial charge in [0.2, 0.25) is 11.8 Å². The Balaban J connectivity index is 0.760. The number of benzene rings is 4. The van der Waals surface area contributed by atoms with Gasteiger partial charge in [0, 0.05) is 77.3 Å². The van der Waals surface area contributed by atoms with Crippen LogP contribution in [-0.2, 0) is 27.2 Å². The van der Waals surface area contributed by atoms with Crippen LogP contribution in [0, 0.1) is 0 Å². The molecule has 2 saturated heterocycles. The third-order valence-electron chi connectivity index (χ3n) is 12.5. The summed E-state index contributed by atoms with van der Waals surface area (Å²) in [5.74, 6) is 1.43. The van der Waals surface area contributed by atoms with Gasteiger partial charge in [0.05, 0.1) is 56.1 Å². The molecule has 15 heteroatoms. The average molecular weight is 939 g/mol. The first-order valence-corrected chi connectivity index (χ1v) is 23.8. The lowest BCUT2D eigenvalue weighted by atomic mass is 10.0. The van der Waals surface area contributed by atoms with Gasteiger partial charge in [-0.25, -0.2) is 0 Å². The van der Waals surface area contributed by atoms with Gasteiger partial charge in [-0.05, 0) is 99.1 Å². The predicted octanol–water partition coefficient (Wildman–Crippen LogP) is 9.45. The zero-order valence-corrected chi connectivity index (χ0v) is 38.7. The molecule has 0 spiro atoms. The molecule has 0 radical (unpaired) electrons. The van der Waals surface area contributed by atoms with Crippen LogP contribution in [0.5, 0.6) is 11.5 Å². The molecule has 0 aliphatic carbocycles. The van der Waals surface area contributed by atoms with Gasteiger partial charge in [-0.1, -0.05) is 70.7 Å². The highest BCUT2D eigenvalue weighted by Crippen LogP contribution is 2.36. The molecular weight excluding hydrogens is 882 g/mol. The molecule has 4 aromatic carbocycles. The van der Waals surface area contributed by atoms with E-state index in [-0.39, 0.29) is 25.3 Å². The minimum absolute atomic E-state index is 0.0110. The molecule has 2 fully saturated rings. The lowest BCUT2D eigenvalue weighted by molar-refractivity contribution is -0.120. The first-order chi connectivity index (χ1) is 30.7. The summed E-state index contributed by atoms with van der Waals surface area (Å²) in [7, 11) is 0. The highest BCUT2D eigenvalue weighted by molar-refractivity contribution is 6.44. The van der Waals surface area contributed by atoms with E-state index in [0.29, 0.717) is 59.0 Å². The standard InChI is InChI=1S/C48H56Cl4N6O5/c49-39-7-5-9-41(47(39)51)55-25-21-53(22-26-55)19-1-3-29-62-37-15-11-35-13-17-45(59)57(43(35)31-37)33-61-34-58-44-32-38(16-12-36(44)14-18-46(58)60)63-30-4-2-20-54-23-27-56(28-24-54)42-10-6-8-40(50)48(42)52/h5-12,15-16,31-32H,1-4,13-14,17-30,33-34H2. The molecule has 2 amide bonds. The van der Waals surface area contributed by atoms with Crippen molar-refractivity contribution in [3.63, 3.8) is 0 Å². The number of carbonyl (C=O) groups excluding carboxylic acids is 2. The third kappa shape index (κ3) is 11.5. The van der Waals surface area contributed by atoms with Crippen LogP contribution in [0.1, 0.15) is 49.7 Å². The van der Waals surface area contributed by atoms with Crippen LogP contribution >= 0.6 is 46.4 Å². The van der Waals surface area contributed by atoms with Crippen LogP contribution in [-0.4, -0.2) is 114 Å². The number of anilines is 4. The fraction of sp³-hybridized carbons (Fsp3) is 0.458. The minimum atomic E-state index is -0.0110. The van der Waals surface area contributed by atoms with E-state index in [0.717, 1.165) is 137 Å². The average Bonchev–Trinajstić information content (AvgIpc) is 3.30. The number of piperazine rings is 2. The van der Waals surface area contributed by atoms with E-state index in [1.54, 1.807) is 9.80 Å².